The molecule has 0 bridgehead atoms. The van der Waals surface area contributed by atoms with Gasteiger partial charge in [-0.3, -0.25) is 14.5 Å². The van der Waals surface area contributed by atoms with Gasteiger partial charge in [-0.25, -0.2) is 4.79 Å². The van der Waals surface area contributed by atoms with Crippen LogP contribution in [0.4, 0.5) is 4.79 Å². The van der Waals surface area contributed by atoms with Crippen LogP contribution in [0.5, 0.6) is 5.75 Å². The van der Waals surface area contributed by atoms with E-state index in [0.29, 0.717) is 10.6 Å². The number of halogens is 3. The molecule has 1 saturated heterocycles. The quantitative estimate of drug-likeness (QED) is 0.323. The molecule has 0 spiro atoms. The Labute approximate surface area is 204 Å². The van der Waals surface area contributed by atoms with E-state index in [1.54, 1.807) is 25.1 Å². The average Bonchev–Trinajstić information content (AvgIpc) is 3.01. The van der Waals surface area contributed by atoms with Gasteiger partial charge in [0.2, 0.25) is 0 Å². The second kappa shape index (κ2) is 10.6. The van der Waals surface area contributed by atoms with Crippen LogP contribution >= 0.6 is 46.6 Å². The molecule has 0 N–H and O–H groups in total. The molecule has 0 unspecified atom stereocenters. The number of hydrogen-bond donors (Lipinski definition) is 0. The third-order valence-electron chi connectivity index (χ3n) is 4.49. The van der Waals surface area contributed by atoms with Crippen molar-refractivity contribution in [2.45, 2.75) is 26.5 Å². The van der Waals surface area contributed by atoms with E-state index in [1.807, 2.05) is 18.2 Å². The number of imide groups is 1. The average molecular weight is 515 g/mol. The van der Waals surface area contributed by atoms with E-state index in [4.69, 9.17) is 44.3 Å². The Bertz CT molecular complexity index is 1080. The summed E-state index contributed by atoms with van der Waals surface area (Å²) in [6.45, 7) is 3.41. The van der Waals surface area contributed by atoms with Crippen LogP contribution < -0.4 is 4.74 Å². The molecule has 32 heavy (non-hydrogen) atoms. The molecule has 1 fully saturated rings. The molecule has 0 saturated carbocycles. The van der Waals surface area contributed by atoms with Crippen LogP contribution in [0.15, 0.2) is 41.3 Å². The van der Waals surface area contributed by atoms with Crippen molar-refractivity contribution < 1.29 is 23.9 Å². The highest BCUT2D eigenvalue weighted by Crippen LogP contribution is 2.38. The van der Waals surface area contributed by atoms with Gasteiger partial charge >= 0.3 is 5.97 Å². The van der Waals surface area contributed by atoms with Crippen LogP contribution in [0.3, 0.4) is 0 Å². The molecule has 0 radical (unpaired) electrons. The van der Waals surface area contributed by atoms with Gasteiger partial charge < -0.3 is 9.47 Å². The maximum Gasteiger partial charge on any atom is 0.329 e. The number of nitrogens with zero attached hydrogens (tertiary/aromatic N) is 1. The van der Waals surface area contributed by atoms with Crippen LogP contribution in [0.2, 0.25) is 15.1 Å². The smallest absolute Gasteiger partial charge is 0.329 e. The molecule has 10 heteroatoms. The molecular formula is C22H18Cl3NO5S. The lowest BCUT2D eigenvalue weighted by atomic mass is 10.2. The van der Waals surface area contributed by atoms with E-state index >= 15 is 0 Å². The van der Waals surface area contributed by atoms with Crippen molar-refractivity contribution in [3.05, 3.63) is 67.5 Å². The topological polar surface area (TPSA) is 72.9 Å². The molecule has 6 nitrogen and oxygen atoms in total. The lowest BCUT2D eigenvalue weighted by Gasteiger charge is -2.19. The predicted molar refractivity (Wildman–Crippen MR) is 126 cm³/mol. The molecule has 2 aromatic rings. The fourth-order valence-electron chi connectivity index (χ4n) is 2.90. The Hall–Kier alpha value is -2.19. The first-order valence-corrected chi connectivity index (χ1v) is 11.5. The minimum Gasteiger partial charge on any atom is -0.486 e. The number of carbonyl (C=O) groups excluding carboxylic acids is 3. The third-order valence-corrected chi connectivity index (χ3v) is 6.30. The van der Waals surface area contributed by atoms with E-state index in [2.05, 4.69) is 0 Å². The minimum absolute atomic E-state index is 0.142. The van der Waals surface area contributed by atoms with Crippen LogP contribution in [0, 0.1) is 0 Å². The van der Waals surface area contributed by atoms with E-state index in [9.17, 15) is 14.4 Å². The van der Waals surface area contributed by atoms with E-state index in [1.165, 1.54) is 13.0 Å². The SMILES string of the molecule is CCOC(=O)[C@H](C)N1C(=O)S/C(=C/c2cc(Cl)c(OCc3ccccc3Cl)c(Cl)c2)C1=O. The first-order chi connectivity index (χ1) is 15.2. The van der Waals surface area contributed by atoms with E-state index in [0.717, 1.165) is 22.2 Å². The lowest BCUT2D eigenvalue weighted by Crippen LogP contribution is -2.42. The van der Waals surface area contributed by atoms with Gasteiger partial charge in [0.15, 0.2) is 5.75 Å². The first-order valence-electron chi connectivity index (χ1n) is 9.51. The summed E-state index contributed by atoms with van der Waals surface area (Å²) in [5.41, 5.74) is 1.27. The number of rotatable bonds is 7. The largest absolute Gasteiger partial charge is 0.486 e. The molecule has 168 valence electrons. The number of carbonyl (C=O) groups is 3. The lowest BCUT2D eigenvalue weighted by molar-refractivity contribution is -0.150. The highest BCUT2D eigenvalue weighted by atomic mass is 35.5. The van der Waals surface area contributed by atoms with Gasteiger partial charge in [-0.1, -0.05) is 53.0 Å². The number of amides is 2. The van der Waals surface area contributed by atoms with Crippen LogP contribution in [0.1, 0.15) is 25.0 Å². The summed E-state index contributed by atoms with van der Waals surface area (Å²) < 4.78 is 10.6. The Kier molecular flexibility index (Phi) is 8.11. The molecule has 0 aliphatic carbocycles. The molecule has 2 amide bonds. The van der Waals surface area contributed by atoms with Gasteiger partial charge in [-0.15, -0.1) is 0 Å². The fourth-order valence-corrected chi connectivity index (χ4v) is 4.61. The van der Waals surface area contributed by atoms with Gasteiger partial charge in [0.25, 0.3) is 11.1 Å². The van der Waals surface area contributed by atoms with Crippen LogP contribution in [0.25, 0.3) is 6.08 Å². The Morgan fingerprint density at radius 1 is 1.12 bits per heavy atom. The predicted octanol–water partition coefficient (Wildman–Crippen LogP) is 6.21. The summed E-state index contributed by atoms with van der Waals surface area (Å²) in [6.07, 6.45) is 1.48. The molecular weight excluding hydrogens is 497 g/mol. The number of hydrogen-bond acceptors (Lipinski definition) is 6. The molecule has 0 aromatic heterocycles. The molecule has 1 atom stereocenters. The summed E-state index contributed by atoms with van der Waals surface area (Å²) in [5, 5.41) is 0.465. The monoisotopic (exact) mass is 513 g/mol. The standard InChI is InChI=1S/C22H18Cl3NO5S/c1-3-30-21(28)12(2)26-20(27)18(32-22(26)29)10-13-8-16(24)19(17(25)9-13)31-11-14-6-4-5-7-15(14)23/h4-10,12H,3,11H2,1-2H3/b18-10+/t12-/m0/s1. The minimum atomic E-state index is -1.03. The number of thioether (sulfide) groups is 1. The Morgan fingerprint density at radius 3 is 2.41 bits per heavy atom. The molecule has 1 aliphatic heterocycles. The molecule has 1 aliphatic rings. The van der Waals surface area contributed by atoms with E-state index in [-0.39, 0.29) is 33.9 Å². The zero-order chi connectivity index (χ0) is 23.4. The summed E-state index contributed by atoms with van der Waals surface area (Å²) in [7, 11) is 0. The van der Waals surface area contributed by atoms with Crippen molar-refractivity contribution >= 4 is 69.8 Å². The van der Waals surface area contributed by atoms with Gasteiger partial charge in [0.05, 0.1) is 21.6 Å². The van der Waals surface area contributed by atoms with Crippen molar-refractivity contribution in [3.8, 4) is 5.75 Å². The van der Waals surface area contributed by atoms with Gasteiger partial charge in [-0.2, -0.15) is 0 Å². The van der Waals surface area contributed by atoms with Crippen LogP contribution in [-0.4, -0.2) is 34.7 Å². The van der Waals surface area contributed by atoms with Gasteiger partial charge in [-0.05, 0) is 55.4 Å². The Morgan fingerprint density at radius 2 is 1.78 bits per heavy atom. The maximum absolute atomic E-state index is 12.7. The van der Waals surface area contributed by atoms with Crippen LogP contribution in [-0.2, 0) is 20.9 Å². The van der Waals surface area contributed by atoms with Crippen molar-refractivity contribution in [1.82, 2.24) is 4.90 Å². The second-order valence-corrected chi connectivity index (χ2v) is 8.89. The zero-order valence-corrected chi connectivity index (χ0v) is 20.1. The number of esters is 1. The maximum atomic E-state index is 12.7. The fraction of sp³-hybridized carbons (Fsp3) is 0.227. The number of ether oxygens (including phenoxy) is 2. The summed E-state index contributed by atoms with van der Waals surface area (Å²) >= 11 is 19.6. The van der Waals surface area contributed by atoms with Crippen molar-refractivity contribution in [1.29, 1.82) is 0 Å². The normalized spacial score (nSPS) is 15.9. The Balaban J connectivity index is 1.79. The van der Waals surface area contributed by atoms with E-state index < -0.39 is 23.2 Å². The zero-order valence-electron chi connectivity index (χ0n) is 17.1. The molecule has 2 aromatic carbocycles. The highest BCUT2D eigenvalue weighted by molar-refractivity contribution is 8.18. The summed E-state index contributed by atoms with van der Waals surface area (Å²) in [6, 6.07) is 9.34. The van der Waals surface area contributed by atoms with Crippen molar-refractivity contribution in [2.75, 3.05) is 6.61 Å². The van der Waals surface area contributed by atoms with Gasteiger partial charge in [0, 0.05) is 10.6 Å². The molecule has 1 heterocycles. The second-order valence-electron chi connectivity index (χ2n) is 6.67. The van der Waals surface area contributed by atoms with Gasteiger partial charge in [0.1, 0.15) is 12.6 Å². The number of benzene rings is 2. The van der Waals surface area contributed by atoms with Crippen molar-refractivity contribution in [3.63, 3.8) is 0 Å². The highest BCUT2D eigenvalue weighted by Gasteiger charge is 2.41. The van der Waals surface area contributed by atoms with Crippen molar-refractivity contribution in [2.24, 2.45) is 0 Å². The third kappa shape index (κ3) is 5.41. The summed E-state index contributed by atoms with van der Waals surface area (Å²) in [5.74, 6) is -0.969. The first kappa shape index (κ1) is 24.5. The molecule has 3 rings (SSSR count). The summed E-state index contributed by atoms with van der Waals surface area (Å²) in [4.78, 5) is 38.0.